The van der Waals surface area contributed by atoms with E-state index < -0.39 is 5.97 Å². The third kappa shape index (κ3) is 2.35. The van der Waals surface area contributed by atoms with Gasteiger partial charge in [0.25, 0.3) is 0 Å². The number of aromatic nitrogens is 1. The van der Waals surface area contributed by atoms with Crippen LogP contribution in [0.5, 0.6) is 0 Å². The van der Waals surface area contributed by atoms with E-state index in [4.69, 9.17) is 5.11 Å². The summed E-state index contributed by atoms with van der Waals surface area (Å²) in [6.45, 7) is 3.99. The molecule has 1 fully saturated rings. The van der Waals surface area contributed by atoms with Gasteiger partial charge in [0, 0.05) is 18.5 Å². The zero-order valence-electron chi connectivity index (χ0n) is 9.35. The van der Waals surface area contributed by atoms with Gasteiger partial charge in [0.2, 0.25) is 0 Å². The van der Waals surface area contributed by atoms with Gasteiger partial charge >= 0.3 is 5.97 Å². The molecule has 16 heavy (non-hydrogen) atoms. The number of thiazole rings is 1. The van der Waals surface area contributed by atoms with Crippen molar-refractivity contribution >= 4 is 22.4 Å². The number of hydrogen-bond acceptors (Lipinski definition) is 4. The van der Waals surface area contributed by atoms with Crippen LogP contribution in [0.3, 0.4) is 0 Å². The van der Waals surface area contributed by atoms with Crippen molar-refractivity contribution in [3.8, 4) is 0 Å². The molecule has 1 saturated carbocycles. The quantitative estimate of drug-likeness (QED) is 0.859. The zero-order valence-corrected chi connectivity index (χ0v) is 10.2. The number of carbonyl (C=O) groups is 1. The number of aromatic carboxylic acids is 1. The zero-order chi connectivity index (χ0) is 11.5. The molecule has 0 aromatic carbocycles. The molecule has 0 amide bonds. The van der Waals surface area contributed by atoms with E-state index in [1.165, 1.54) is 30.6 Å². The highest BCUT2D eigenvalue weighted by Gasteiger charge is 2.22. The van der Waals surface area contributed by atoms with Crippen molar-refractivity contribution in [2.24, 2.45) is 5.92 Å². The SMILES string of the molecule is CCN(CC1CCC1)c1nc(C(=O)O)cs1. The van der Waals surface area contributed by atoms with E-state index in [0.717, 1.165) is 24.1 Å². The lowest BCUT2D eigenvalue weighted by molar-refractivity contribution is 0.0691. The van der Waals surface area contributed by atoms with Crippen molar-refractivity contribution < 1.29 is 9.90 Å². The molecule has 1 aliphatic rings. The Labute approximate surface area is 98.9 Å². The number of carboxylic acids is 1. The summed E-state index contributed by atoms with van der Waals surface area (Å²) in [5, 5.41) is 11.3. The number of hydrogen-bond donors (Lipinski definition) is 1. The van der Waals surface area contributed by atoms with Gasteiger partial charge in [-0.15, -0.1) is 11.3 Å². The van der Waals surface area contributed by atoms with Crippen molar-refractivity contribution in [2.75, 3.05) is 18.0 Å². The highest BCUT2D eigenvalue weighted by atomic mass is 32.1. The summed E-state index contributed by atoms with van der Waals surface area (Å²) < 4.78 is 0. The average molecular weight is 240 g/mol. The van der Waals surface area contributed by atoms with E-state index in [-0.39, 0.29) is 5.69 Å². The van der Waals surface area contributed by atoms with E-state index in [1.54, 1.807) is 5.38 Å². The van der Waals surface area contributed by atoms with Crippen LogP contribution in [-0.2, 0) is 0 Å². The van der Waals surface area contributed by atoms with Crippen molar-refractivity contribution in [3.63, 3.8) is 0 Å². The molecule has 0 bridgehead atoms. The van der Waals surface area contributed by atoms with Gasteiger partial charge in [-0.3, -0.25) is 0 Å². The summed E-state index contributed by atoms with van der Waals surface area (Å²) in [5.41, 5.74) is 0.159. The molecule has 1 aromatic rings. The van der Waals surface area contributed by atoms with Crippen molar-refractivity contribution in [1.29, 1.82) is 0 Å². The molecule has 1 heterocycles. The molecule has 0 saturated heterocycles. The van der Waals surface area contributed by atoms with Gasteiger partial charge in [-0.25, -0.2) is 9.78 Å². The Morgan fingerprint density at radius 3 is 2.88 bits per heavy atom. The van der Waals surface area contributed by atoms with Crippen LogP contribution < -0.4 is 4.90 Å². The van der Waals surface area contributed by atoms with E-state index in [2.05, 4.69) is 16.8 Å². The second-order valence-electron chi connectivity index (χ2n) is 4.16. The Morgan fingerprint density at radius 2 is 2.44 bits per heavy atom. The minimum Gasteiger partial charge on any atom is -0.476 e. The Kier molecular flexibility index (Phi) is 3.43. The predicted octanol–water partition coefficient (Wildman–Crippen LogP) is 2.47. The van der Waals surface area contributed by atoms with Crippen molar-refractivity contribution in [1.82, 2.24) is 4.98 Å². The standard InChI is InChI=1S/C11H16N2O2S/c1-2-13(6-8-4-3-5-8)11-12-9(7-16-11)10(14)15/h7-8H,2-6H2,1H3,(H,14,15). The van der Waals surface area contributed by atoms with Crippen LogP contribution >= 0.6 is 11.3 Å². The fraction of sp³-hybridized carbons (Fsp3) is 0.636. The second-order valence-corrected chi connectivity index (χ2v) is 4.99. The van der Waals surface area contributed by atoms with Gasteiger partial charge in [0.15, 0.2) is 10.8 Å². The van der Waals surface area contributed by atoms with Crippen LogP contribution in [0.2, 0.25) is 0 Å². The lowest BCUT2D eigenvalue weighted by Gasteiger charge is -2.31. The normalized spacial score (nSPS) is 15.8. The monoisotopic (exact) mass is 240 g/mol. The van der Waals surface area contributed by atoms with Crippen molar-refractivity contribution in [3.05, 3.63) is 11.1 Å². The minimum atomic E-state index is -0.942. The smallest absolute Gasteiger partial charge is 0.355 e. The maximum atomic E-state index is 10.7. The van der Waals surface area contributed by atoms with Crippen LogP contribution in [0.15, 0.2) is 5.38 Å². The molecular weight excluding hydrogens is 224 g/mol. The Bertz CT molecular complexity index is 374. The van der Waals surface area contributed by atoms with Crippen LogP contribution in [0, 0.1) is 5.92 Å². The van der Waals surface area contributed by atoms with Gasteiger partial charge in [-0.05, 0) is 25.7 Å². The predicted molar refractivity (Wildman–Crippen MR) is 64.3 cm³/mol. The Morgan fingerprint density at radius 1 is 1.69 bits per heavy atom. The van der Waals surface area contributed by atoms with Gasteiger partial charge in [-0.2, -0.15) is 0 Å². The fourth-order valence-electron chi connectivity index (χ4n) is 1.84. The second kappa shape index (κ2) is 4.82. The molecule has 0 spiro atoms. The number of carboxylic acid groups (broad SMARTS) is 1. The lowest BCUT2D eigenvalue weighted by atomic mass is 9.85. The number of anilines is 1. The summed E-state index contributed by atoms with van der Waals surface area (Å²) in [7, 11) is 0. The minimum absolute atomic E-state index is 0.159. The van der Waals surface area contributed by atoms with E-state index in [1.807, 2.05) is 0 Å². The molecule has 0 unspecified atom stereocenters. The molecule has 0 aliphatic heterocycles. The van der Waals surface area contributed by atoms with E-state index in [9.17, 15) is 4.79 Å². The first-order valence-electron chi connectivity index (χ1n) is 5.64. The first-order valence-corrected chi connectivity index (χ1v) is 6.52. The molecule has 5 heteroatoms. The summed E-state index contributed by atoms with van der Waals surface area (Å²) in [6.07, 6.45) is 3.93. The number of rotatable bonds is 5. The molecule has 0 atom stereocenters. The first kappa shape index (κ1) is 11.4. The first-order chi connectivity index (χ1) is 7.70. The van der Waals surface area contributed by atoms with Gasteiger partial charge in [-0.1, -0.05) is 6.42 Å². The topological polar surface area (TPSA) is 53.4 Å². The summed E-state index contributed by atoms with van der Waals surface area (Å²) in [4.78, 5) is 17.1. The van der Waals surface area contributed by atoms with Crippen LogP contribution in [0.4, 0.5) is 5.13 Å². The average Bonchev–Trinajstić information content (AvgIpc) is 2.65. The van der Waals surface area contributed by atoms with Gasteiger partial charge in [0.05, 0.1) is 0 Å². The fourth-order valence-corrected chi connectivity index (χ4v) is 2.71. The third-order valence-electron chi connectivity index (χ3n) is 3.07. The van der Waals surface area contributed by atoms with Crippen molar-refractivity contribution in [2.45, 2.75) is 26.2 Å². The summed E-state index contributed by atoms with van der Waals surface area (Å²) in [6, 6.07) is 0. The Hall–Kier alpha value is -1.10. The molecule has 1 N–H and O–H groups in total. The van der Waals surface area contributed by atoms with Crippen LogP contribution in [0.1, 0.15) is 36.7 Å². The maximum absolute atomic E-state index is 10.7. The van der Waals surface area contributed by atoms with Crippen LogP contribution in [-0.4, -0.2) is 29.1 Å². The van der Waals surface area contributed by atoms with Crippen LogP contribution in [0.25, 0.3) is 0 Å². The molecule has 4 nitrogen and oxygen atoms in total. The largest absolute Gasteiger partial charge is 0.476 e. The molecular formula is C11H16N2O2S. The molecule has 1 aromatic heterocycles. The molecule has 2 rings (SSSR count). The highest BCUT2D eigenvalue weighted by Crippen LogP contribution is 2.29. The van der Waals surface area contributed by atoms with Gasteiger partial charge in [0.1, 0.15) is 0 Å². The number of nitrogens with zero attached hydrogens (tertiary/aromatic N) is 2. The summed E-state index contributed by atoms with van der Waals surface area (Å²) >= 11 is 1.42. The molecule has 0 radical (unpaired) electrons. The highest BCUT2D eigenvalue weighted by molar-refractivity contribution is 7.13. The molecule has 88 valence electrons. The Balaban J connectivity index is 2.03. The van der Waals surface area contributed by atoms with Gasteiger partial charge < -0.3 is 10.0 Å². The maximum Gasteiger partial charge on any atom is 0.355 e. The van der Waals surface area contributed by atoms with E-state index >= 15 is 0 Å². The molecule has 1 aliphatic carbocycles. The third-order valence-corrected chi connectivity index (χ3v) is 3.97. The summed E-state index contributed by atoms with van der Waals surface area (Å²) in [5.74, 6) is -0.167. The lowest BCUT2D eigenvalue weighted by Crippen LogP contribution is -2.32. The van der Waals surface area contributed by atoms with E-state index in [0.29, 0.717) is 0 Å².